The monoisotopic (exact) mass is 409 g/mol. The van der Waals surface area contributed by atoms with Crippen molar-refractivity contribution in [3.8, 4) is 17.1 Å². The van der Waals surface area contributed by atoms with E-state index in [0.717, 1.165) is 30.6 Å². The van der Waals surface area contributed by atoms with Crippen LogP contribution in [0.5, 0.6) is 5.75 Å². The van der Waals surface area contributed by atoms with Crippen LogP contribution >= 0.6 is 11.8 Å². The number of hydrogen-bond donors (Lipinski definition) is 1. The van der Waals surface area contributed by atoms with Gasteiger partial charge in [-0.1, -0.05) is 42.1 Å². The van der Waals surface area contributed by atoms with Gasteiger partial charge in [0.2, 0.25) is 11.1 Å². The van der Waals surface area contributed by atoms with Crippen LogP contribution in [0.2, 0.25) is 0 Å². The highest BCUT2D eigenvalue weighted by Crippen LogP contribution is 2.32. The molecule has 1 unspecified atom stereocenters. The number of hydrogen-bond acceptors (Lipinski definition) is 6. The summed E-state index contributed by atoms with van der Waals surface area (Å²) in [5.41, 5.74) is 2.96. The first kappa shape index (κ1) is 19.3. The van der Waals surface area contributed by atoms with Crippen molar-refractivity contribution in [3.05, 3.63) is 54.1 Å². The molecule has 0 saturated carbocycles. The highest BCUT2D eigenvalue weighted by atomic mass is 32.2. The topological polar surface area (TPSA) is 86.3 Å². The molecule has 2 aromatic carbocycles. The maximum atomic E-state index is 13.1. The van der Waals surface area contributed by atoms with Gasteiger partial charge in [0.15, 0.2) is 5.82 Å². The molecule has 8 heteroatoms. The largest absolute Gasteiger partial charge is 0.496 e. The number of fused-ring (bicyclic) bond motifs is 1. The molecule has 0 fully saturated rings. The molecule has 1 amide bonds. The Hall–Kier alpha value is -3.00. The summed E-state index contributed by atoms with van der Waals surface area (Å²) in [4.78, 5) is 15.0. The van der Waals surface area contributed by atoms with Crippen molar-refractivity contribution in [1.29, 1.82) is 0 Å². The Morgan fingerprint density at radius 3 is 2.76 bits per heavy atom. The zero-order chi connectivity index (χ0) is 20.4. The Labute approximate surface area is 173 Å². The van der Waals surface area contributed by atoms with E-state index in [0.29, 0.717) is 16.7 Å². The number of amides is 1. The van der Waals surface area contributed by atoms with Crippen molar-refractivity contribution in [3.63, 3.8) is 0 Å². The maximum Gasteiger partial charge on any atom is 0.240 e. The van der Waals surface area contributed by atoms with E-state index in [1.165, 1.54) is 22.0 Å². The smallest absolute Gasteiger partial charge is 0.240 e. The molecule has 0 spiro atoms. The number of aromatic nitrogens is 3. The molecule has 0 saturated heterocycles. The minimum Gasteiger partial charge on any atom is -0.496 e. The van der Waals surface area contributed by atoms with Gasteiger partial charge < -0.3 is 15.5 Å². The molecule has 1 atom stereocenters. The fourth-order valence-electron chi connectivity index (χ4n) is 3.56. The number of nitrogens with zero attached hydrogens (tertiary/aromatic N) is 4. The van der Waals surface area contributed by atoms with Crippen molar-refractivity contribution in [2.45, 2.75) is 30.2 Å². The van der Waals surface area contributed by atoms with E-state index in [4.69, 9.17) is 10.6 Å². The summed E-state index contributed by atoms with van der Waals surface area (Å²) in [5.74, 6) is 7.46. The summed E-state index contributed by atoms with van der Waals surface area (Å²) in [6, 6.07) is 15.6. The number of carbonyl (C=O) groups excluding carboxylic acids is 1. The molecule has 1 aromatic heterocycles. The van der Waals surface area contributed by atoms with Gasteiger partial charge in [0.05, 0.1) is 17.9 Å². The summed E-state index contributed by atoms with van der Waals surface area (Å²) in [5, 5.41) is 8.56. The molecule has 150 valence electrons. The zero-order valence-electron chi connectivity index (χ0n) is 16.4. The summed E-state index contributed by atoms with van der Waals surface area (Å²) in [7, 11) is 1.60. The lowest BCUT2D eigenvalue weighted by Gasteiger charge is -2.31. The van der Waals surface area contributed by atoms with Crippen molar-refractivity contribution in [2.24, 2.45) is 0 Å². The van der Waals surface area contributed by atoms with Crippen LogP contribution in [0, 0.1) is 0 Å². The minimum absolute atomic E-state index is 0.0454. The quantitative estimate of drug-likeness (QED) is 0.515. The van der Waals surface area contributed by atoms with E-state index in [9.17, 15) is 4.79 Å². The number of para-hydroxylation sites is 2. The van der Waals surface area contributed by atoms with Gasteiger partial charge in [0.1, 0.15) is 5.75 Å². The van der Waals surface area contributed by atoms with Crippen LogP contribution in [0.1, 0.15) is 18.9 Å². The van der Waals surface area contributed by atoms with Gasteiger partial charge >= 0.3 is 0 Å². The molecule has 1 aliphatic rings. The zero-order valence-corrected chi connectivity index (χ0v) is 17.2. The fraction of sp³-hybridized carbons (Fsp3) is 0.286. The number of nitrogen functional groups attached to an aromatic ring is 1. The number of ether oxygens (including phenoxy) is 1. The number of carbonyl (C=O) groups is 1. The number of aryl methyl sites for hydroxylation is 1. The third kappa shape index (κ3) is 3.67. The average Bonchev–Trinajstić information content (AvgIpc) is 3.12. The summed E-state index contributed by atoms with van der Waals surface area (Å²) in [6.45, 7) is 2.60. The Bertz CT molecular complexity index is 1040. The van der Waals surface area contributed by atoms with Crippen molar-refractivity contribution >= 4 is 23.4 Å². The molecular weight excluding hydrogens is 386 g/mol. The molecule has 0 radical (unpaired) electrons. The first-order chi connectivity index (χ1) is 14.1. The van der Waals surface area contributed by atoms with Crippen molar-refractivity contribution in [1.82, 2.24) is 14.9 Å². The SMILES string of the molecule is COc1ccccc1-c1nnc(SC(C)C(=O)N2CCCc3ccccc32)n1N. The van der Waals surface area contributed by atoms with Crippen molar-refractivity contribution < 1.29 is 9.53 Å². The number of methoxy groups -OCH3 is 1. The Kier molecular flexibility index (Phi) is 5.44. The van der Waals surface area contributed by atoms with Crippen LogP contribution in [0.25, 0.3) is 11.4 Å². The predicted molar refractivity (Wildman–Crippen MR) is 115 cm³/mol. The second kappa shape index (κ2) is 8.16. The molecule has 29 heavy (non-hydrogen) atoms. The first-order valence-electron chi connectivity index (χ1n) is 9.50. The fourth-order valence-corrected chi connectivity index (χ4v) is 4.39. The minimum atomic E-state index is -0.349. The van der Waals surface area contributed by atoms with Crippen LogP contribution < -0.4 is 15.5 Å². The van der Waals surface area contributed by atoms with E-state index in [2.05, 4.69) is 16.3 Å². The summed E-state index contributed by atoms with van der Waals surface area (Å²) < 4.78 is 6.80. The molecular formula is C21H23N5O2S. The molecule has 0 bridgehead atoms. The lowest BCUT2D eigenvalue weighted by Crippen LogP contribution is -2.40. The van der Waals surface area contributed by atoms with Gasteiger partial charge in [-0.25, -0.2) is 4.68 Å². The van der Waals surface area contributed by atoms with Crippen molar-refractivity contribution in [2.75, 3.05) is 24.4 Å². The Morgan fingerprint density at radius 1 is 1.17 bits per heavy atom. The number of anilines is 1. The second-order valence-corrected chi connectivity index (χ2v) is 8.17. The Morgan fingerprint density at radius 2 is 1.93 bits per heavy atom. The summed E-state index contributed by atoms with van der Waals surface area (Å²) >= 11 is 1.31. The molecule has 2 N–H and O–H groups in total. The third-order valence-electron chi connectivity index (χ3n) is 5.02. The average molecular weight is 410 g/mol. The first-order valence-corrected chi connectivity index (χ1v) is 10.4. The van der Waals surface area contributed by atoms with Gasteiger partial charge in [0, 0.05) is 12.2 Å². The molecule has 2 heterocycles. The van der Waals surface area contributed by atoms with Crippen LogP contribution in [0.15, 0.2) is 53.7 Å². The van der Waals surface area contributed by atoms with Crippen LogP contribution in [0.3, 0.4) is 0 Å². The Balaban J connectivity index is 1.55. The number of thioether (sulfide) groups is 1. The van der Waals surface area contributed by atoms with E-state index in [-0.39, 0.29) is 11.2 Å². The predicted octanol–water partition coefficient (Wildman–Crippen LogP) is 3.13. The third-order valence-corrected chi connectivity index (χ3v) is 6.06. The molecule has 7 nitrogen and oxygen atoms in total. The van der Waals surface area contributed by atoms with E-state index in [1.807, 2.05) is 54.3 Å². The highest BCUT2D eigenvalue weighted by molar-refractivity contribution is 8.00. The van der Waals surface area contributed by atoms with Gasteiger partial charge in [-0.3, -0.25) is 4.79 Å². The van der Waals surface area contributed by atoms with Gasteiger partial charge in [-0.15, -0.1) is 10.2 Å². The molecule has 0 aliphatic carbocycles. The van der Waals surface area contributed by atoms with Crippen LogP contribution in [0.4, 0.5) is 5.69 Å². The van der Waals surface area contributed by atoms with Crippen LogP contribution in [-0.2, 0) is 11.2 Å². The lowest BCUT2D eigenvalue weighted by molar-refractivity contribution is -0.117. The summed E-state index contributed by atoms with van der Waals surface area (Å²) in [6.07, 6.45) is 1.96. The number of nitrogens with two attached hydrogens (primary N) is 1. The van der Waals surface area contributed by atoms with Gasteiger partial charge in [-0.2, -0.15) is 0 Å². The number of rotatable bonds is 5. The molecule has 4 rings (SSSR count). The van der Waals surface area contributed by atoms with Gasteiger partial charge in [-0.05, 0) is 43.5 Å². The van der Waals surface area contributed by atoms with E-state index >= 15 is 0 Å². The normalized spacial score (nSPS) is 14.3. The van der Waals surface area contributed by atoms with E-state index in [1.54, 1.807) is 7.11 Å². The van der Waals surface area contributed by atoms with Gasteiger partial charge in [0.25, 0.3) is 0 Å². The second-order valence-electron chi connectivity index (χ2n) is 6.86. The highest BCUT2D eigenvalue weighted by Gasteiger charge is 2.28. The van der Waals surface area contributed by atoms with Crippen LogP contribution in [-0.4, -0.2) is 39.7 Å². The lowest BCUT2D eigenvalue weighted by atomic mass is 10.0. The molecule has 1 aliphatic heterocycles. The molecule has 3 aromatic rings. The standard InChI is InChI=1S/C21H23N5O2S/c1-14(20(27)25-13-7-9-15-8-3-5-11-17(15)25)29-21-24-23-19(26(21)22)16-10-4-6-12-18(16)28-2/h3-6,8,10-12,14H,7,9,13,22H2,1-2H3. The van der Waals surface area contributed by atoms with E-state index < -0.39 is 0 Å². The number of benzene rings is 2. The maximum absolute atomic E-state index is 13.1.